The third-order valence-corrected chi connectivity index (χ3v) is 7.40. The first-order valence-corrected chi connectivity index (χ1v) is 12.3. The number of nitrogens with one attached hydrogen (secondary N) is 1. The molecule has 182 valence electrons. The number of para-hydroxylation sites is 1. The molecule has 1 aliphatic carbocycles. The number of rotatable bonds is 8. The third kappa shape index (κ3) is 4.29. The van der Waals surface area contributed by atoms with Gasteiger partial charge in [0, 0.05) is 49.6 Å². The van der Waals surface area contributed by atoms with Gasteiger partial charge in [0.2, 0.25) is 6.23 Å². The molecule has 0 amide bonds. The Hall–Kier alpha value is -2.93. The number of nitrogens with zero attached hydrogens (tertiary/aromatic N) is 3. The van der Waals surface area contributed by atoms with Gasteiger partial charge in [0.25, 0.3) is 5.82 Å². The zero-order valence-corrected chi connectivity index (χ0v) is 21.2. The van der Waals surface area contributed by atoms with Crippen LogP contribution in [0, 0.1) is 24.7 Å². The molecule has 3 unspecified atom stereocenters. The predicted molar refractivity (Wildman–Crippen MR) is 131 cm³/mol. The molecule has 7 heteroatoms. The van der Waals surface area contributed by atoms with Crippen LogP contribution in [-0.2, 0) is 29.5 Å². The Morgan fingerprint density at radius 1 is 1.26 bits per heavy atom. The summed E-state index contributed by atoms with van der Waals surface area (Å²) in [5.41, 5.74) is 3.15. The summed E-state index contributed by atoms with van der Waals surface area (Å²) in [5, 5.41) is 4.13. The van der Waals surface area contributed by atoms with Gasteiger partial charge in [0.05, 0.1) is 11.8 Å². The van der Waals surface area contributed by atoms with Gasteiger partial charge in [-0.3, -0.25) is 9.59 Å². The number of hydrogen-bond acceptors (Lipinski definition) is 4. The summed E-state index contributed by atoms with van der Waals surface area (Å²) in [6.07, 6.45) is 5.23. The average molecular weight is 466 g/mol. The van der Waals surface area contributed by atoms with Crippen LogP contribution in [0.3, 0.4) is 0 Å². The highest BCUT2D eigenvalue weighted by molar-refractivity contribution is 6.11. The number of fused-ring (bicyclic) bond motifs is 3. The number of imidazole rings is 1. The second kappa shape index (κ2) is 9.74. The molecule has 2 aromatic heterocycles. The van der Waals surface area contributed by atoms with E-state index in [4.69, 9.17) is 4.74 Å². The van der Waals surface area contributed by atoms with E-state index in [2.05, 4.69) is 33.6 Å². The van der Waals surface area contributed by atoms with E-state index in [1.807, 2.05) is 63.8 Å². The number of esters is 1. The largest absolute Gasteiger partial charge is 0.422 e. The second-order valence-electron chi connectivity index (χ2n) is 9.85. The van der Waals surface area contributed by atoms with Crippen molar-refractivity contribution in [2.75, 3.05) is 13.6 Å². The van der Waals surface area contributed by atoms with Gasteiger partial charge in [0.15, 0.2) is 5.78 Å². The van der Waals surface area contributed by atoms with Gasteiger partial charge in [-0.2, -0.15) is 4.57 Å². The monoisotopic (exact) mass is 465 g/mol. The van der Waals surface area contributed by atoms with E-state index in [1.165, 1.54) is 0 Å². The Bertz CT molecular complexity index is 1210. The summed E-state index contributed by atoms with van der Waals surface area (Å²) >= 11 is 0. The molecule has 2 heterocycles. The molecule has 0 spiro atoms. The number of ketones is 1. The van der Waals surface area contributed by atoms with Crippen molar-refractivity contribution in [3.05, 3.63) is 53.7 Å². The molecule has 3 aromatic rings. The highest BCUT2D eigenvalue weighted by atomic mass is 16.6. The predicted octanol–water partition coefficient (Wildman–Crippen LogP) is 3.57. The van der Waals surface area contributed by atoms with Gasteiger partial charge >= 0.3 is 5.97 Å². The fraction of sp³-hybridized carbons (Fsp3) is 0.519. The van der Waals surface area contributed by atoms with Crippen LogP contribution in [0.5, 0.6) is 0 Å². The van der Waals surface area contributed by atoms with Crippen molar-refractivity contribution in [3.63, 3.8) is 0 Å². The standard InChI is InChI=1S/C27H37N4O3/c1-17(2)22(15-28-5)27(33)34-19(4)31-14-13-30(18(31)3)16-20-11-12-24-25(26(20)32)21-9-7-8-10-23(21)29(24)6/h7-10,13-14,17,19-20,22,28H,11-12,15-16H2,1-6H3/q+1. The molecule has 0 radical (unpaired) electrons. The van der Waals surface area contributed by atoms with Crippen LogP contribution in [0.4, 0.5) is 0 Å². The molecule has 4 rings (SSSR count). The summed E-state index contributed by atoms with van der Waals surface area (Å²) in [6.45, 7) is 9.18. The molecule has 0 saturated heterocycles. The van der Waals surface area contributed by atoms with E-state index >= 15 is 0 Å². The molecule has 1 N–H and O–H groups in total. The van der Waals surface area contributed by atoms with Gasteiger partial charge in [0.1, 0.15) is 18.9 Å². The number of ether oxygens (including phenoxy) is 1. The number of benzene rings is 1. The van der Waals surface area contributed by atoms with Crippen molar-refractivity contribution < 1.29 is 18.9 Å². The number of Topliss-reactive ketones (excluding diaryl/α,β-unsaturated/α-hetero) is 1. The normalized spacial score (nSPS) is 17.7. The first kappa shape index (κ1) is 24.2. The van der Waals surface area contributed by atoms with Crippen LogP contribution >= 0.6 is 0 Å². The van der Waals surface area contributed by atoms with E-state index in [0.717, 1.165) is 40.8 Å². The quantitative estimate of drug-likeness (QED) is 0.408. The van der Waals surface area contributed by atoms with Gasteiger partial charge < -0.3 is 14.6 Å². The fourth-order valence-corrected chi connectivity index (χ4v) is 5.29. The number of carbonyl (C=O) groups excluding carboxylic acids is 2. The van der Waals surface area contributed by atoms with E-state index in [0.29, 0.717) is 13.1 Å². The summed E-state index contributed by atoms with van der Waals surface area (Å²) < 4.78 is 12.1. The van der Waals surface area contributed by atoms with Crippen molar-refractivity contribution in [2.24, 2.45) is 24.8 Å². The minimum Gasteiger partial charge on any atom is -0.422 e. The Morgan fingerprint density at radius 2 is 2.00 bits per heavy atom. The van der Waals surface area contributed by atoms with Crippen LogP contribution in [0.2, 0.25) is 0 Å². The first-order valence-electron chi connectivity index (χ1n) is 12.3. The smallest absolute Gasteiger partial charge is 0.313 e. The highest BCUT2D eigenvalue weighted by Crippen LogP contribution is 2.34. The lowest BCUT2D eigenvalue weighted by molar-refractivity contribution is -0.706. The molecular weight excluding hydrogens is 428 g/mol. The van der Waals surface area contributed by atoms with Crippen molar-refractivity contribution in [1.82, 2.24) is 14.5 Å². The fourth-order valence-electron chi connectivity index (χ4n) is 5.29. The van der Waals surface area contributed by atoms with Crippen molar-refractivity contribution in [1.29, 1.82) is 0 Å². The molecular formula is C27H37N4O3+. The number of hydrogen-bond donors (Lipinski definition) is 1. The zero-order chi connectivity index (χ0) is 24.6. The van der Waals surface area contributed by atoms with Gasteiger partial charge in [-0.15, -0.1) is 0 Å². The van der Waals surface area contributed by atoms with Crippen LogP contribution in [0.15, 0.2) is 36.7 Å². The number of aromatic nitrogens is 3. The van der Waals surface area contributed by atoms with Gasteiger partial charge in [-0.25, -0.2) is 4.57 Å². The molecule has 1 aromatic carbocycles. The maximum Gasteiger partial charge on any atom is 0.313 e. The van der Waals surface area contributed by atoms with E-state index in [9.17, 15) is 9.59 Å². The maximum atomic E-state index is 13.5. The van der Waals surface area contributed by atoms with Crippen molar-refractivity contribution in [2.45, 2.75) is 53.3 Å². The van der Waals surface area contributed by atoms with E-state index < -0.39 is 6.23 Å². The molecule has 0 bridgehead atoms. The third-order valence-electron chi connectivity index (χ3n) is 7.40. The van der Waals surface area contributed by atoms with Gasteiger partial charge in [-0.05, 0) is 31.9 Å². The molecule has 34 heavy (non-hydrogen) atoms. The van der Waals surface area contributed by atoms with Crippen LogP contribution in [0.25, 0.3) is 10.9 Å². The SMILES string of the molecule is CNCC(C(=O)OC(C)n1cc[n+](CC2CCc3c(c4ccccc4n3C)C2=O)c1C)C(C)C. The Morgan fingerprint density at radius 3 is 2.71 bits per heavy atom. The molecule has 1 aliphatic rings. The lowest BCUT2D eigenvalue weighted by Crippen LogP contribution is -2.43. The average Bonchev–Trinajstić information content (AvgIpc) is 3.31. The van der Waals surface area contributed by atoms with Crippen LogP contribution in [0.1, 0.15) is 55.3 Å². The summed E-state index contributed by atoms with van der Waals surface area (Å²) in [4.78, 5) is 26.3. The molecule has 7 nitrogen and oxygen atoms in total. The second-order valence-corrected chi connectivity index (χ2v) is 9.85. The molecule has 3 atom stereocenters. The Kier molecular flexibility index (Phi) is 6.94. The zero-order valence-electron chi connectivity index (χ0n) is 21.2. The van der Waals surface area contributed by atoms with Gasteiger partial charge in [-0.1, -0.05) is 32.0 Å². The molecule has 0 saturated carbocycles. The highest BCUT2D eigenvalue weighted by Gasteiger charge is 2.34. The summed E-state index contributed by atoms with van der Waals surface area (Å²) in [7, 11) is 3.90. The molecule has 0 fully saturated rings. The summed E-state index contributed by atoms with van der Waals surface area (Å²) in [6, 6.07) is 8.16. The van der Waals surface area contributed by atoms with Crippen LogP contribution in [-0.4, -0.2) is 34.5 Å². The Balaban J connectivity index is 1.50. The van der Waals surface area contributed by atoms with Crippen molar-refractivity contribution >= 4 is 22.7 Å². The van der Waals surface area contributed by atoms with Crippen LogP contribution < -0.4 is 9.88 Å². The lowest BCUT2D eigenvalue weighted by atomic mass is 9.85. The summed E-state index contributed by atoms with van der Waals surface area (Å²) in [5.74, 6) is 0.930. The maximum absolute atomic E-state index is 13.5. The topological polar surface area (TPSA) is 69.1 Å². The number of aryl methyl sites for hydroxylation is 1. The number of carbonyl (C=O) groups is 2. The minimum absolute atomic E-state index is 0.0725. The molecule has 0 aliphatic heterocycles. The minimum atomic E-state index is -0.418. The van der Waals surface area contributed by atoms with E-state index in [-0.39, 0.29) is 29.5 Å². The van der Waals surface area contributed by atoms with Crippen molar-refractivity contribution in [3.8, 4) is 0 Å². The Labute approximate surface area is 201 Å². The lowest BCUT2D eigenvalue weighted by Gasteiger charge is -2.22. The van der Waals surface area contributed by atoms with E-state index in [1.54, 1.807) is 0 Å². The first-order chi connectivity index (χ1) is 16.2.